The second-order valence-corrected chi connectivity index (χ2v) is 15.1. The summed E-state index contributed by atoms with van der Waals surface area (Å²) in [6.07, 6.45) is 3.48. The van der Waals surface area contributed by atoms with Gasteiger partial charge in [-0.25, -0.2) is 31.1 Å². The number of rotatable bonds is 2. The number of aromatic nitrogens is 3. The second kappa shape index (κ2) is 9.75. The maximum Gasteiger partial charge on any atom is 0.269 e. The van der Waals surface area contributed by atoms with Crippen LogP contribution in [0.15, 0.2) is 66.0 Å². The van der Waals surface area contributed by atoms with Gasteiger partial charge in [-0.05, 0) is 37.3 Å². The summed E-state index contributed by atoms with van der Waals surface area (Å²) in [5, 5.41) is 0.445. The Balaban J connectivity index is 0.000000204. The molecule has 0 atom stereocenters. The molecular weight excluding hydrogens is 474 g/mol. The number of pyridine rings is 2. The highest BCUT2D eigenvalue weighted by molar-refractivity contribution is 7.90. The first-order valence-corrected chi connectivity index (χ1v) is 15.2. The zero-order chi connectivity index (χ0) is 25.1. The minimum absolute atomic E-state index is 0.173. The lowest BCUT2D eigenvalue weighted by atomic mass is 10.2. The number of anilines is 1. The molecule has 176 valence electrons. The Bertz CT molecular complexity index is 1500. The number of benzene rings is 1. The Morgan fingerprint density at radius 2 is 1.59 bits per heavy atom. The Morgan fingerprint density at radius 3 is 2.24 bits per heavy atom. The van der Waals surface area contributed by atoms with Crippen LogP contribution in [0, 0.1) is 30.0 Å². The molecule has 10 heteroatoms. The van der Waals surface area contributed by atoms with Gasteiger partial charge in [0, 0.05) is 11.6 Å². The van der Waals surface area contributed by atoms with Gasteiger partial charge in [-0.3, -0.25) is 0 Å². The fraction of sp³-hybridized carbons (Fsp3) is 0.167. The van der Waals surface area contributed by atoms with E-state index in [2.05, 4.69) is 41.1 Å². The number of nitrogens with two attached hydrogens (primary N) is 1. The van der Waals surface area contributed by atoms with Gasteiger partial charge in [0.05, 0.1) is 22.9 Å². The zero-order valence-electron chi connectivity index (χ0n) is 19.2. The summed E-state index contributed by atoms with van der Waals surface area (Å²) in [4.78, 5) is 7.73. The summed E-state index contributed by atoms with van der Waals surface area (Å²) in [6, 6.07) is 10.6. The third kappa shape index (κ3) is 6.06. The van der Waals surface area contributed by atoms with Crippen LogP contribution in [0.25, 0.3) is 11.0 Å². The van der Waals surface area contributed by atoms with Crippen LogP contribution >= 0.6 is 0 Å². The number of nitrogen functional groups attached to an aromatic ring is 1. The van der Waals surface area contributed by atoms with Crippen molar-refractivity contribution in [3.8, 4) is 11.5 Å². The Hall–Kier alpha value is -3.55. The highest BCUT2D eigenvalue weighted by Gasteiger charge is 2.19. The molecule has 0 aliphatic rings. The molecule has 4 rings (SSSR count). The van der Waals surface area contributed by atoms with Crippen molar-refractivity contribution in [3.63, 3.8) is 0 Å². The van der Waals surface area contributed by atoms with Crippen molar-refractivity contribution >= 4 is 34.9 Å². The lowest BCUT2D eigenvalue weighted by Gasteiger charge is -2.07. The summed E-state index contributed by atoms with van der Waals surface area (Å²) in [5.41, 5.74) is 10.3. The van der Waals surface area contributed by atoms with Crippen LogP contribution in [0.3, 0.4) is 0 Å². The number of hydrogen-bond acceptors (Lipinski definition) is 5. The smallest absolute Gasteiger partial charge is 0.269 e. The predicted octanol–water partition coefficient (Wildman–Crippen LogP) is 4.75. The molecule has 0 fully saturated rings. The third-order valence-electron chi connectivity index (χ3n) is 4.50. The summed E-state index contributed by atoms with van der Waals surface area (Å²) in [7, 11) is -5.17. The van der Waals surface area contributed by atoms with Crippen molar-refractivity contribution in [1.29, 1.82) is 0 Å². The quantitative estimate of drug-likeness (QED) is 0.318. The maximum atomic E-state index is 13.1. The number of nitrogens with zero attached hydrogens (tertiary/aromatic N) is 3. The highest BCUT2D eigenvalue weighted by Crippen LogP contribution is 2.21. The summed E-state index contributed by atoms with van der Waals surface area (Å²) in [6.45, 7) is 8.22. The molecule has 34 heavy (non-hydrogen) atoms. The molecule has 6 nitrogen and oxygen atoms in total. The predicted molar refractivity (Wildman–Crippen MR) is 132 cm³/mol. The van der Waals surface area contributed by atoms with Crippen molar-refractivity contribution in [1.82, 2.24) is 13.9 Å². The minimum Gasteiger partial charge on any atom is -0.383 e. The van der Waals surface area contributed by atoms with Crippen LogP contribution in [0.4, 0.5) is 14.6 Å². The van der Waals surface area contributed by atoms with Crippen molar-refractivity contribution in [3.05, 3.63) is 83.8 Å². The topological polar surface area (TPSA) is 90.9 Å². The van der Waals surface area contributed by atoms with Crippen LogP contribution < -0.4 is 5.73 Å². The van der Waals surface area contributed by atoms with Gasteiger partial charge >= 0.3 is 0 Å². The molecule has 4 aromatic rings. The molecule has 1 aromatic carbocycles. The molecule has 0 saturated heterocycles. The molecule has 0 unspecified atom stereocenters. The van der Waals surface area contributed by atoms with Gasteiger partial charge in [0.1, 0.15) is 25.5 Å². The zero-order valence-corrected chi connectivity index (χ0v) is 21.0. The van der Waals surface area contributed by atoms with Crippen molar-refractivity contribution in [2.45, 2.75) is 31.5 Å². The molecule has 0 bridgehead atoms. The van der Waals surface area contributed by atoms with E-state index in [0.717, 1.165) is 21.9 Å². The third-order valence-corrected chi connectivity index (χ3v) is 7.05. The van der Waals surface area contributed by atoms with E-state index in [-0.39, 0.29) is 16.4 Å². The average molecular weight is 499 g/mol. The monoisotopic (exact) mass is 498 g/mol. The van der Waals surface area contributed by atoms with Gasteiger partial charge in [0.15, 0.2) is 5.65 Å². The van der Waals surface area contributed by atoms with Gasteiger partial charge in [-0.2, -0.15) is 0 Å². The van der Waals surface area contributed by atoms with Crippen molar-refractivity contribution in [2.75, 3.05) is 5.73 Å². The van der Waals surface area contributed by atoms with Gasteiger partial charge in [-0.1, -0.05) is 43.3 Å². The van der Waals surface area contributed by atoms with Gasteiger partial charge in [0.25, 0.3) is 10.0 Å². The maximum absolute atomic E-state index is 13.1. The van der Waals surface area contributed by atoms with Crippen molar-refractivity contribution < 1.29 is 17.2 Å². The molecular formula is C24H24F2N4O2SSi. The van der Waals surface area contributed by atoms with E-state index in [4.69, 9.17) is 5.73 Å². The fourth-order valence-corrected chi connectivity index (χ4v) is 4.61. The molecule has 3 aromatic heterocycles. The summed E-state index contributed by atoms with van der Waals surface area (Å²) >= 11 is 0. The molecule has 3 heterocycles. The molecule has 0 aliphatic carbocycles. The molecule has 0 amide bonds. The summed E-state index contributed by atoms with van der Waals surface area (Å²) in [5.74, 6) is 2.27. The van der Waals surface area contributed by atoms with E-state index >= 15 is 0 Å². The molecule has 0 saturated carbocycles. The Kier molecular flexibility index (Phi) is 7.19. The van der Waals surface area contributed by atoms with E-state index in [1.54, 1.807) is 24.3 Å². The van der Waals surface area contributed by atoms with Crippen LogP contribution in [0.1, 0.15) is 11.1 Å². The fourth-order valence-electron chi connectivity index (χ4n) is 2.80. The number of hydrogen-bond donors (Lipinski definition) is 1. The largest absolute Gasteiger partial charge is 0.383 e. The molecule has 2 N–H and O–H groups in total. The second-order valence-electron chi connectivity index (χ2n) is 8.58. The number of aryl methyl sites for hydroxylation is 1. The van der Waals surface area contributed by atoms with Crippen LogP contribution in [-0.2, 0) is 10.0 Å². The number of halogens is 2. The first-order chi connectivity index (χ1) is 15.9. The standard InChI is InChI=1S/C14H11FN2O2S.C10H13FN2Si/c1-10-2-4-13(5-3-10)20(18,19)17-7-6-11-8-12(15)9-16-14(11)17;1-14(2,3)5-4-8-6-9(11)7-13-10(8)12/h2-9H,1H3;6-7H,1-3H3,(H2,12,13). The summed E-state index contributed by atoms with van der Waals surface area (Å²) < 4.78 is 52.0. The van der Waals surface area contributed by atoms with E-state index in [0.29, 0.717) is 10.9 Å². The average Bonchev–Trinajstić information content (AvgIpc) is 3.18. The van der Waals surface area contributed by atoms with Crippen LogP contribution in [0.2, 0.25) is 19.6 Å². The van der Waals surface area contributed by atoms with Crippen LogP contribution in [0.5, 0.6) is 0 Å². The van der Waals surface area contributed by atoms with Crippen LogP contribution in [-0.4, -0.2) is 30.4 Å². The molecule has 0 spiro atoms. The first kappa shape index (κ1) is 25.1. The van der Waals surface area contributed by atoms with E-state index in [1.165, 1.54) is 24.4 Å². The van der Waals surface area contributed by atoms with E-state index in [1.807, 2.05) is 6.92 Å². The highest BCUT2D eigenvalue weighted by atomic mass is 32.2. The minimum atomic E-state index is -3.72. The molecule has 0 aliphatic heterocycles. The van der Waals surface area contributed by atoms with E-state index < -0.39 is 29.7 Å². The normalized spacial score (nSPS) is 11.4. The first-order valence-electron chi connectivity index (χ1n) is 10.3. The van der Waals surface area contributed by atoms with Gasteiger partial charge < -0.3 is 5.73 Å². The van der Waals surface area contributed by atoms with Crippen molar-refractivity contribution in [2.24, 2.45) is 0 Å². The lowest BCUT2D eigenvalue weighted by molar-refractivity contribution is 0.588. The molecule has 0 radical (unpaired) electrons. The van der Waals surface area contributed by atoms with Gasteiger partial charge in [-0.15, -0.1) is 5.54 Å². The lowest BCUT2D eigenvalue weighted by Crippen LogP contribution is -2.16. The number of fused-ring (bicyclic) bond motifs is 1. The van der Waals surface area contributed by atoms with Gasteiger partial charge in [0.2, 0.25) is 0 Å². The van der Waals surface area contributed by atoms with E-state index in [9.17, 15) is 17.2 Å². The Morgan fingerprint density at radius 1 is 0.971 bits per heavy atom. The Labute approximate surface area is 198 Å². The SMILES string of the molecule is C[Si](C)(C)C#Cc1cc(F)cnc1N.Cc1ccc(S(=O)(=O)n2ccc3cc(F)cnc32)cc1.